The first-order valence-corrected chi connectivity index (χ1v) is 4.89. The first-order valence-electron chi connectivity index (χ1n) is 4.89. The molecule has 0 atom stereocenters. The largest absolute Gasteiger partial charge is 0.496 e. The molecule has 15 heavy (non-hydrogen) atoms. The summed E-state index contributed by atoms with van der Waals surface area (Å²) in [7, 11) is 1.58. The molecule has 0 amide bonds. The smallest absolute Gasteiger partial charge is 0.170 e. The van der Waals surface area contributed by atoms with E-state index in [1.807, 2.05) is 26.0 Å². The summed E-state index contributed by atoms with van der Waals surface area (Å²) in [5.74, 6) is 0.707. The minimum Gasteiger partial charge on any atom is -0.496 e. The number of allylic oxidation sites excluding steroid dienone is 1. The predicted octanol–water partition coefficient (Wildman–Crippen LogP) is 3.07. The zero-order valence-electron chi connectivity index (χ0n) is 9.46. The fraction of sp³-hybridized carbons (Fsp3) is 0.308. The average molecular weight is 204 g/mol. The summed E-state index contributed by atoms with van der Waals surface area (Å²) in [5.41, 5.74) is 2.72. The molecule has 80 valence electrons. The third-order valence-corrected chi connectivity index (χ3v) is 2.27. The van der Waals surface area contributed by atoms with E-state index in [0.29, 0.717) is 17.7 Å². The summed E-state index contributed by atoms with van der Waals surface area (Å²) >= 11 is 0. The molecule has 0 saturated heterocycles. The van der Waals surface area contributed by atoms with Gasteiger partial charge >= 0.3 is 0 Å². The molecule has 0 bridgehead atoms. The van der Waals surface area contributed by atoms with Crippen LogP contribution in [0.5, 0.6) is 5.75 Å². The van der Waals surface area contributed by atoms with Gasteiger partial charge in [-0.05, 0) is 31.0 Å². The lowest BCUT2D eigenvalue weighted by molar-refractivity contribution is 0.0992. The van der Waals surface area contributed by atoms with E-state index in [1.54, 1.807) is 13.2 Å². The van der Waals surface area contributed by atoms with Crippen molar-refractivity contribution >= 4 is 5.78 Å². The van der Waals surface area contributed by atoms with Crippen molar-refractivity contribution in [2.24, 2.45) is 0 Å². The normalized spacial score (nSPS) is 9.80. The van der Waals surface area contributed by atoms with Gasteiger partial charge in [-0.1, -0.05) is 12.1 Å². The Hall–Kier alpha value is -1.57. The minimum atomic E-state index is 0.0550. The lowest BCUT2D eigenvalue weighted by atomic mass is 9.99. The number of Topliss-reactive ketones (excluding diaryl/α,β-unsaturated/α-hetero) is 1. The monoisotopic (exact) mass is 204 g/mol. The van der Waals surface area contributed by atoms with Crippen molar-refractivity contribution in [1.29, 1.82) is 0 Å². The number of hydrogen-bond acceptors (Lipinski definition) is 2. The van der Waals surface area contributed by atoms with Gasteiger partial charge in [0.15, 0.2) is 5.78 Å². The van der Waals surface area contributed by atoms with Gasteiger partial charge in [0.25, 0.3) is 0 Å². The number of carbonyl (C=O) groups is 1. The van der Waals surface area contributed by atoms with Gasteiger partial charge in [-0.25, -0.2) is 0 Å². The maximum absolute atomic E-state index is 11.8. The van der Waals surface area contributed by atoms with Crippen molar-refractivity contribution in [1.82, 2.24) is 0 Å². The summed E-state index contributed by atoms with van der Waals surface area (Å²) in [4.78, 5) is 11.8. The van der Waals surface area contributed by atoms with Crippen LogP contribution in [-0.2, 0) is 0 Å². The fourth-order valence-electron chi connectivity index (χ4n) is 1.68. The Labute approximate surface area is 90.6 Å². The Balaban J connectivity index is 3.25. The summed E-state index contributed by atoms with van der Waals surface area (Å²) in [5, 5.41) is 0. The highest BCUT2D eigenvalue weighted by Crippen LogP contribution is 2.25. The van der Waals surface area contributed by atoms with E-state index in [1.165, 1.54) is 0 Å². The Bertz CT molecular complexity index is 392. The van der Waals surface area contributed by atoms with E-state index >= 15 is 0 Å². The number of rotatable bonds is 4. The quantitative estimate of drug-likeness (QED) is 0.556. The molecule has 0 saturated carbocycles. The molecule has 0 aliphatic rings. The van der Waals surface area contributed by atoms with E-state index in [-0.39, 0.29) is 5.78 Å². The highest BCUT2D eigenvalue weighted by molar-refractivity contribution is 6.00. The molecule has 0 unspecified atom stereocenters. The second-order valence-corrected chi connectivity index (χ2v) is 3.58. The van der Waals surface area contributed by atoms with Crippen LogP contribution in [0.25, 0.3) is 0 Å². The van der Waals surface area contributed by atoms with Crippen molar-refractivity contribution < 1.29 is 9.53 Å². The van der Waals surface area contributed by atoms with E-state index < -0.39 is 0 Å². The van der Waals surface area contributed by atoms with Gasteiger partial charge in [0.2, 0.25) is 0 Å². The van der Waals surface area contributed by atoms with E-state index in [2.05, 4.69) is 6.58 Å². The maximum Gasteiger partial charge on any atom is 0.170 e. The summed E-state index contributed by atoms with van der Waals surface area (Å²) < 4.78 is 5.22. The van der Waals surface area contributed by atoms with Crippen molar-refractivity contribution in [3.05, 3.63) is 41.5 Å². The molecule has 0 N–H and O–H groups in total. The van der Waals surface area contributed by atoms with Gasteiger partial charge in [0.05, 0.1) is 12.7 Å². The molecular formula is C13H16O2. The molecule has 1 aromatic rings. The standard InChI is InChI=1S/C13H16O2/c1-5-6-11(14)13-10(3)7-9(2)8-12(13)15-4/h5,7-8H,1,6H2,2-4H3. The number of ketones is 1. The molecule has 0 aromatic heterocycles. The molecule has 0 aliphatic carbocycles. The Morgan fingerprint density at radius 2 is 2.13 bits per heavy atom. The number of hydrogen-bond donors (Lipinski definition) is 0. The zero-order valence-corrected chi connectivity index (χ0v) is 9.46. The molecule has 0 fully saturated rings. The lowest BCUT2D eigenvalue weighted by Gasteiger charge is -2.11. The van der Waals surface area contributed by atoms with Crippen LogP contribution < -0.4 is 4.74 Å². The molecule has 0 spiro atoms. The number of methoxy groups -OCH3 is 1. The molecule has 1 aromatic carbocycles. The van der Waals surface area contributed by atoms with Crippen molar-refractivity contribution in [2.75, 3.05) is 7.11 Å². The molecule has 0 radical (unpaired) electrons. The second kappa shape index (κ2) is 4.78. The fourth-order valence-corrected chi connectivity index (χ4v) is 1.68. The molecule has 1 rings (SSSR count). The predicted molar refractivity (Wildman–Crippen MR) is 61.6 cm³/mol. The number of benzene rings is 1. The Morgan fingerprint density at radius 3 is 2.67 bits per heavy atom. The van der Waals surface area contributed by atoms with Crippen LogP contribution in [0.15, 0.2) is 24.8 Å². The molecule has 2 nitrogen and oxygen atoms in total. The van der Waals surface area contributed by atoms with Crippen LogP contribution >= 0.6 is 0 Å². The molecule has 0 heterocycles. The van der Waals surface area contributed by atoms with Gasteiger partial charge in [-0.15, -0.1) is 6.58 Å². The molecular weight excluding hydrogens is 188 g/mol. The summed E-state index contributed by atoms with van der Waals surface area (Å²) in [6.07, 6.45) is 1.96. The first kappa shape index (κ1) is 11.5. The van der Waals surface area contributed by atoms with Gasteiger partial charge < -0.3 is 4.74 Å². The number of ether oxygens (including phenoxy) is 1. The first-order chi connectivity index (χ1) is 7.10. The SMILES string of the molecule is C=CCC(=O)c1c(C)cc(C)cc1OC. The highest BCUT2D eigenvalue weighted by atomic mass is 16.5. The molecule has 0 aliphatic heterocycles. The van der Waals surface area contributed by atoms with Gasteiger partial charge in [-0.3, -0.25) is 4.79 Å². The average Bonchev–Trinajstić information content (AvgIpc) is 2.16. The van der Waals surface area contributed by atoms with Gasteiger partial charge in [0.1, 0.15) is 5.75 Å². The van der Waals surface area contributed by atoms with Crippen molar-refractivity contribution in [2.45, 2.75) is 20.3 Å². The number of carbonyl (C=O) groups excluding carboxylic acids is 1. The third-order valence-electron chi connectivity index (χ3n) is 2.27. The van der Waals surface area contributed by atoms with Crippen molar-refractivity contribution in [3.63, 3.8) is 0 Å². The summed E-state index contributed by atoms with van der Waals surface area (Å²) in [6, 6.07) is 3.86. The van der Waals surface area contributed by atoms with E-state index in [0.717, 1.165) is 11.1 Å². The van der Waals surface area contributed by atoms with Gasteiger partial charge in [0, 0.05) is 6.42 Å². The third kappa shape index (κ3) is 2.46. The highest BCUT2D eigenvalue weighted by Gasteiger charge is 2.14. The zero-order chi connectivity index (χ0) is 11.4. The van der Waals surface area contributed by atoms with Crippen LogP contribution in [0.4, 0.5) is 0 Å². The van der Waals surface area contributed by atoms with E-state index in [4.69, 9.17) is 4.74 Å². The van der Waals surface area contributed by atoms with Crippen LogP contribution in [0.3, 0.4) is 0 Å². The van der Waals surface area contributed by atoms with Gasteiger partial charge in [-0.2, -0.15) is 0 Å². The molecule has 2 heteroatoms. The minimum absolute atomic E-state index is 0.0550. The Kier molecular flexibility index (Phi) is 3.67. The topological polar surface area (TPSA) is 26.3 Å². The van der Waals surface area contributed by atoms with Crippen LogP contribution in [0, 0.1) is 13.8 Å². The summed E-state index contributed by atoms with van der Waals surface area (Å²) in [6.45, 7) is 7.47. The van der Waals surface area contributed by atoms with Crippen LogP contribution in [0.1, 0.15) is 27.9 Å². The maximum atomic E-state index is 11.8. The lowest BCUT2D eigenvalue weighted by Crippen LogP contribution is -2.04. The number of aryl methyl sites for hydroxylation is 2. The van der Waals surface area contributed by atoms with E-state index in [9.17, 15) is 4.79 Å². The Morgan fingerprint density at radius 1 is 1.47 bits per heavy atom. The van der Waals surface area contributed by atoms with Crippen LogP contribution in [0.2, 0.25) is 0 Å². The van der Waals surface area contributed by atoms with Crippen molar-refractivity contribution in [3.8, 4) is 5.75 Å². The van der Waals surface area contributed by atoms with Crippen LogP contribution in [-0.4, -0.2) is 12.9 Å². The second-order valence-electron chi connectivity index (χ2n) is 3.58.